The van der Waals surface area contributed by atoms with Crippen LogP contribution < -0.4 is 16.4 Å². The standard InChI is InChI=1S/C23H27N3O5/c1-22(2,3)31-21(29)26-23(19(24)27)12-16-9-10-18(11-17(16)13-23)25-20(28)30-14-15-7-5-4-6-8-15/h4-11H,12-14H2,1-3H3,(H2,24,27)(H,25,28)(H,26,29). The molecule has 2 aromatic rings. The van der Waals surface area contributed by atoms with Crippen LogP contribution in [0.5, 0.6) is 0 Å². The Labute approximate surface area is 181 Å². The molecule has 0 heterocycles. The van der Waals surface area contributed by atoms with Crippen LogP contribution in [0, 0.1) is 0 Å². The predicted octanol–water partition coefficient (Wildman–Crippen LogP) is 3.28. The molecule has 0 bridgehead atoms. The van der Waals surface area contributed by atoms with Gasteiger partial charge in [-0.05, 0) is 49.6 Å². The van der Waals surface area contributed by atoms with Crippen molar-refractivity contribution >= 4 is 23.8 Å². The second kappa shape index (κ2) is 8.67. The number of ether oxygens (including phenoxy) is 2. The van der Waals surface area contributed by atoms with Crippen molar-refractivity contribution in [3.05, 3.63) is 65.2 Å². The number of amides is 3. The van der Waals surface area contributed by atoms with E-state index < -0.39 is 29.2 Å². The van der Waals surface area contributed by atoms with Gasteiger partial charge in [0.15, 0.2) is 0 Å². The smallest absolute Gasteiger partial charge is 0.411 e. The number of alkyl carbamates (subject to hydrolysis) is 1. The van der Waals surface area contributed by atoms with Crippen molar-refractivity contribution in [3.63, 3.8) is 0 Å². The molecule has 0 fully saturated rings. The van der Waals surface area contributed by atoms with Gasteiger partial charge in [0.25, 0.3) is 0 Å². The molecule has 0 aromatic heterocycles. The molecular formula is C23H27N3O5. The number of rotatable bonds is 5. The van der Waals surface area contributed by atoms with Gasteiger partial charge in [-0.25, -0.2) is 9.59 Å². The van der Waals surface area contributed by atoms with Crippen molar-refractivity contribution in [2.45, 2.75) is 51.4 Å². The Hall–Kier alpha value is -3.55. The van der Waals surface area contributed by atoms with E-state index >= 15 is 0 Å². The van der Waals surface area contributed by atoms with Crippen molar-refractivity contribution in [2.24, 2.45) is 5.73 Å². The molecule has 1 aliphatic carbocycles. The first kappa shape index (κ1) is 22.1. The van der Waals surface area contributed by atoms with Crippen molar-refractivity contribution in [1.82, 2.24) is 5.32 Å². The summed E-state index contributed by atoms with van der Waals surface area (Å²) in [5, 5.41) is 5.33. The van der Waals surface area contributed by atoms with Crippen LogP contribution in [0.25, 0.3) is 0 Å². The summed E-state index contributed by atoms with van der Waals surface area (Å²) in [6.07, 6.45) is -0.849. The molecule has 0 aliphatic heterocycles. The average Bonchev–Trinajstić information content (AvgIpc) is 3.04. The summed E-state index contributed by atoms with van der Waals surface area (Å²) in [6, 6.07) is 14.6. The SMILES string of the molecule is CC(C)(C)OC(=O)NC1(C(N)=O)Cc2ccc(NC(=O)OCc3ccccc3)cc2C1. The molecule has 0 spiro atoms. The lowest BCUT2D eigenvalue weighted by Crippen LogP contribution is -2.59. The number of primary amides is 1. The third kappa shape index (κ3) is 5.75. The molecule has 1 unspecified atom stereocenters. The molecule has 1 aliphatic rings. The first-order valence-electron chi connectivity index (χ1n) is 9.97. The summed E-state index contributed by atoms with van der Waals surface area (Å²) < 4.78 is 10.5. The highest BCUT2D eigenvalue weighted by Gasteiger charge is 2.44. The minimum absolute atomic E-state index is 0.155. The van der Waals surface area contributed by atoms with E-state index in [-0.39, 0.29) is 19.4 Å². The molecule has 1 atom stereocenters. The van der Waals surface area contributed by atoms with Gasteiger partial charge < -0.3 is 20.5 Å². The lowest BCUT2D eigenvalue weighted by molar-refractivity contribution is -0.124. The maximum absolute atomic E-state index is 12.3. The Morgan fingerprint density at radius 2 is 1.68 bits per heavy atom. The van der Waals surface area contributed by atoms with Gasteiger partial charge >= 0.3 is 12.2 Å². The first-order chi connectivity index (χ1) is 14.6. The van der Waals surface area contributed by atoms with Gasteiger partial charge in [-0.2, -0.15) is 0 Å². The minimum Gasteiger partial charge on any atom is -0.444 e. The Bertz CT molecular complexity index is 984. The second-order valence-electron chi connectivity index (χ2n) is 8.60. The molecule has 3 rings (SSSR count). The Kier molecular flexibility index (Phi) is 6.19. The molecule has 0 radical (unpaired) electrons. The molecule has 4 N–H and O–H groups in total. The Morgan fingerprint density at radius 1 is 1.00 bits per heavy atom. The normalized spacial score (nSPS) is 17.4. The number of anilines is 1. The number of hydrogen-bond donors (Lipinski definition) is 3. The maximum Gasteiger partial charge on any atom is 0.411 e. The number of hydrogen-bond acceptors (Lipinski definition) is 5. The lowest BCUT2D eigenvalue weighted by atomic mass is 9.95. The lowest BCUT2D eigenvalue weighted by Gasteiger charge is -2.28. The summed E-state index contributed by atoms with van der Waals surface area (Å²) >= 11 is 0. The fraction of sp³-hybridized carbons (Fsp3) is 0.348. The summed E-state index contributed by atoms with van der Waals surface area (Å²) in [7, 11) is 0. The quantitative estimate of drug-likeness (QED) is 0.679. The molecule has 164 valence electrons. The molecule has 31 heavy (non-hydrogen) atoms. The van der Waals surface area contributed by atoms with Gasteiger partial charge in [0.05, 0.1) is 0 Å². The molecular weight excluding hydrogens is 398 g/mol. The number of nitrogens with two attached hydrogens (primary N) is 1. The number of benzene rings is 2. The molecule has 3 amide bonds. The van der Waals surface area contributed by atoms with Crippen LogP contribution in [0.3, 0.4) is 0 Å². The van der Waals surface area contributed by atoms with Crippen LogP contribution >= 0.6 is 0 Å². The fourth-order valence-corrected chi connectivity index (χ4v) is 3.45. The number of carbonyl (C=O) groups excluding carboxylic acids is 3. The molecule has 0 saturated heterocycles. The molecule has 8 heteroatoms. The van der Waals surface area contributed by atoms with Gasteiger partial charge in [0.2, 0.25) is 5.91 Å². The van der Waals surface area contributed by atoms with Gasteiger partial charge in [-0.15, -0.1) is 0 Å². The largest absolute Gasteiger partial charge is 0.444 e. The van der Waals surface area contributed by atoms with E-state index in [0.29, 0.717) is 5.69 Å². The van der Waals surface area contributed by atoms with Gasteiger partial charge in [-0.3, -0.25) is 10.1 Å². The number of fused-ring (bicyclic) bond motifs is 1. The van der Waals surface area contributed by atoms with E-state index in [0.717, 1.165) is 16.7 Å². The van der Waals surface area contributed by atoms with Crippen LogP contribution in [0.15, 0.2) is 48.5 Å². The summed E-state index contributed by atoms with van der Waals surface area (Å²) in [6.45, 7) is 5.37. The summed E-state index contributed by atoms with van der Waals surface area (Å²) in [4.78, 5) is 36.6. The minimum atomic E-state index is -1.28. The number of carbonyl (C=O) groups is 3. The first-order valence-corrected chi connectivity index (χ1v) is 9.97. The number of nitrogens with one attached hydrogen (secondary N) is 2. The second-order valence-corrected chi connectivity index (χ2v) is 8.60. The zero-order valence-electron chi connectivity index (χ0n) is 17.9. The highest BCUT2D eigenvalue weighted by atomic mass is 16.6. The summed E-state index contributed by atoms with van der Waals surface area (Å²) in [5.74, 6) is -0.647. The fourth-order valence-electron chi connectivity index (χ4n) is 3.45. The van der Waals surface area contributed by atoms with Crippen molar-refractivity contribution < 1.29 is 23.9 Å². The predicted molar refractivity (Wildman–Crippen MR) is 115 cm³/mol. The van der Waals surface area contributed by atoms with Crippen LogP contribution in [0.1, 0.15) is 37.5 Å². The van der Waals surface area contributed by atoms with Crippen molar-refractivity contribution in [1.29, 1.82) is 0 Å². The maximum atomic E-state index is 12.3. The van der Waals surface area contributed by atoms with Crippen LogP contribution in [-0.4, -0.2) is 29.2 Å². The van der Waals surface area contributed by atoms with Crippen molar-refractivity contribution in [3.8, 4) is 0 Å². The van der Waals surface area contributed by atoms with Crippen LogP contribution in [0.2, 0.25) is 0 Å². The van der Waals surface area contributed by atoms with Crippen LogP contribution in [0.4, 0.5) is 15.3 Å². The molecule has 2 aromatic carbocycles. The zero-order chi connectivity index (χ0) is 22.6. The third-order valence-electron chi connectivity index (χ3n) is 4.86. The van der Waals surface area contributed by atoms with Gasteiger partial charge in [0, 0.05) is 18.5 Å². The Morgan fingerprint density at radius 3 is 2.32 bits per heavy atom. The molecule has 0 saturated carbocycles. The zero-order valence-corrected chi connectivity index (χ0v) is 17.9. The topological polar surface area (TPSA) is 120 Å². The van der Waals surface area contributed by atoms with E-state index in [1.807, 2.05) is 30.3 Å². The summed E-state index contributed by atoms with van der Waals surface area (Å²) in [5.41, 5.74) is 6.72. The van der Waals surface area contributed by atoms with Gasteiger partial charge in [0.1, 0.15) is 17.7 Å². The highest BCUT2D eigenvalue weighted by Crippen LogP contribution is 2.32. The van der Waals surface area contributed by atoms with E-state index in [9.17, 15) is 14.4 Å². The monoisotopic (exact) mass is 425 g/mol. The van der Waals surface area contributed by atoms with Crippen molar-refractivity contribution in [2.75, 3.05) is 5.32 Å². The highest BCUT2D eigenvalue weighted by molar-refractivity contribution is 5.91. The van der Waals surface area contributed by atoms with E-state index in [2.05, 4.69) is 10.6 Å². The Balaban J connectivity index is 1.65. The van der Waals surface area contributed by atoms with Gasteiger partial charge in [-0.1, -0.05) is 36.4 Å². The average molecular weight is 425 g/mol. The van der Waals surface area contributed by atoms with E-state index in [1.165, 1.54) is 0 Å². The van der Waals surface area contributed by atoms with E-state index in [4.69, 9.17) is 15.2 Å². The van der Waals surface area contributed by atoms with E-state index in [1.54, 1.807) is 39.0 Å². The molecule has 8 nitrogen and oxygen atoms in total. The third-order valence-corrected chi connectivity index (χ3v) is 4.86. The van der Waals surface area contributed by atoms with Crippen LogP contribution in [-0.2, 0) is 33.7 Å².